The number of aryl methyl sites for hydroxylation is 1. The first kappa shape index (κ1) is 11.0. The van der Waals surface area contributed by atoms with E-state index >= 15 is 0 Å². The van der Waals surface area contributed by atoms with Crippen LogP contribution in [0.25, 0.3) is 0 Å². The summed E-state index contributed by atoms with van der Waals surface area (Å²) >= 11 is 9.53. The van der Waals surface area contributed by atoms with Crippen LogP contribution in [0.4, 0.5) is 11.6 Å². The Morgan fingerprint density at radius 2 is 2.06 bits per heavy atom. The molecule has 4 nitrogen and oxygen atoms in total. The van der Waals surface area contributed by atoms with E-state index in [1.165, 1.54) is 0 Å². The van der Waals surface area contributed by atoms with Crippen molar-refractivity contribution in [3.8, 4) is 0 Å². The molecule has 0 N–H and O–H groups in total. The largest absolute Gasteiger partial charge is 0.309 e. The van der Waals surface area contributed by atoms with Crippen LogP contribution in [0.5, 0.6) is 0 Å². The highest BCUT2D eigenvalue weighted by atomic mass is 79.9. The maximum atomic E-state index is 6.22. The Balaban J connectivity index is 2.09. The fourth-order valence-corrected chi connectivity index (χ4v) is 2.62. The number of hydrogen-bond acceptors (Lipinski definition) is 3. The van der Waals surface area contributed by atoms with Gasteiger partial charge in [-0.05, 0) is 34.5 Å². The second-order valence-corrected chi connectivity index (χ2v) is 4.98. The van der Waals surface area contributed by atoms with Crippen LogP contribution in [-0.4, -0.2) is 21.3 Å². The van der Waals surface area contributed by atoms with Crippen molar-refractivity contribution in [1.82, 2.24) is 14.8 Å². The lowest BCUT2D eigenvalue weighted by Gasteiger charge is -2.28. The molecule has 0 saturated carbocycles. The van der Waals surface area contributed by atoms with E-state index in [0.717, 1.165) is 36.2 Å². The highest BCUT2D eigenvalue weighted by molar-refractivity contribution is 9.10. The number of benzene rings is 1. The first-order chi connectivity index (χ1) is 8.25. The molecule has 2 aromatic rings. The third-order valence-electron chi connectivity index (χ3n) is 2.76. The third-order valence-corrected chi connectivity index (χ3v) is 3.42. The molecule has 0 saturated heterocycles. The Hall–Kier alpha value is -1.07. The van der Waals surface area contributed by atoms with Gasteiger partial charge in [0, 0.05) is 13.1 Å². The van der Waals surface area contributed by atoms with Crippen molar-refractivity contribution in [2.45, 2.75) is 13.0 Å². The van der Waals surface area contributed by atoms with Crippen molar-refractivity contribution in [2.75, 3.05) is 11.4 Å². The van der Waals surface area contributed by atoms with Crippen molar-refractivity contribution in [2.24, 2.45) is 0 Å². The summed E-state index contributed by atoms with van der Waals surface area (Å²) < 4.78 is 2.52. The summed E-state index contributed by atoms with van der Waals surface area (Å²) in [5, 5.41) is 5.03. The van der Waals surface area contributed by atoms with Crippen molar-refractivity contribution < 1.29 is 0 Å². The molecule has 0 spiro atoms. The van der Waals surface area contributed by atoms with E-state index < -0.39 is 0 Å². The van der Waals surface area contributed by atoms with Crippen LogP contribution < -0.4 is 4.90 Å². The Morgan fingerprint density at radius 1 is 1.24 bits per heavy atom. The van der Waals surface area contributed by atoms with Gasteiger partial charge in [-0.2, -0.15) is 4.98 Å². The zero-order valence-corrected chi connectivity index (χ0v) is 11.3. The lowest BCUT2D eigenvalue weighted by molar-refractivity contribution is 0.537. The van der Waals surface area contributed by atoms with E-state index in [1.54, 1.807) is 0 Å². The average Bonchev–Trinajstić information content (AvgIpc) is 2.70. The lowest BCUT2D eigenvalue weighted by Crippen LogP contribution is -2.28. The van der Waals surface area contributed by atoms with E-state index in [0.29, 0.717) is 4.73 Å². The number of halogens is 2. The fourth-order valence-electron chi connectivity index (χ4n) is 2.03. The molecule has 6 heteroatoms. The summed E-state index contributed by atoms with van der Waals surface area (Å²) in [6.07, 6.45) is 1.04. The summed E-state index contributed by atoms with van der Waals surface area (Å²) in [7, 11) is 0. The lowest BCUT2D eigenvalue weighted by atomic mass is 10.2. The summed E-state index contributed by atoms with van der Waals surface area (Å²) in [6.45, 7) is 1.81. The molecular formula is C11H10BrClN4. The molecule has 1 aliphatic rings. The minimum atomic E-state index is 0.617. The van der Waals surface area contributed by atoms with Gasteiger partial charge in [-0.1, -0.05) is 23.7 Å². The van der Waals surface area contributed by atoms with Gasteiger partial charge >= 0.3 is 0 Å². The Kier molecular flexibility index (Phi) is 2.80. The number of rotatable bonds is 1. The Bertz CT molecular complexity index is 554. The van der Waals surface area contributed by atoms with Crippen molar-refractivity contribution >= 4 is 39.2 Å². The summed E-state index contributed by atoms with van der Waals surface area (Å²) in [6, 6.07) is 7.80. The maximum Gasteiger partial charge on any atom is 0.229 e. The predicted octanol–water partition coefficient (Wildman–Crippen LogP) is 3.24. The summed E-state index contributed by atoms with van der Waals surface area (Å²) in [5.74, 6) is 0.844. The van der Waals surface area contributed by atoms with Gasteiger partial charge in [-0.25, -0.2) is 4.68 Å². The fraction of sp³-hybridized carbons (Fsp3) is 0.273. The van der Waals surface area contributed by atoms with Gasteiger partial charge in [0.15, 0.2) is 0 Å². The van der Waals surface area contributed by atoms with E-state index in [9.17, 15) is 0 Å². The van der Waals surface area contributed by atoms with E-state index in [-0.39, 0.29) is 0 Å². The zero-order valence-electron chi connectivity index (χ0n) is 8.98. The molecular weight excluding hydrogens is 304 g/mol. The van der Waals surface area contributed by atoms with Gasteiger partial charge in [0.1, 0.15) is 0 Å². The van der Waals surface area contributed by atoms with Crippen molar-refractivity contribution in [3.63, 3.8) is 0 Å². The predicted molar refractivity (Wildman–Crippen MR) is 70.8 cm³/mol. The van der Waals surface area contributed by atoms with Gasteiger partial charge in [-0.15, -0.1) is 5.10 Å². The molecule has 0 unspecified atom stereocenters. The number of hydrogen-bond donors (Lipinski definition) is 0. The molecule has 1 aromatic heterocycles. The molecule has 88 valence electrons. The summed E-state index contributed by atoms with van der Waals surface area (Å²) in [4.78, 5) is 6.49. The van der Waals surface area contributed by atoms with Gasteiger partial charge in [0.05, 0.1) is 10.7 Å². The maximum absolute atomic E-state index is 6.22. The molecule has 0 radical (unpaired) electrons. The second kappa shape index (κ2) is 4.31. The molecule has 0 fully saturated rings. The Morgan fingerprint density at radius 3 is 2.88 bits per heavy atom. The molecule has 3 rings (SSSR count). The van der Waals surface area contributed by atoms with Crippen LogP contribution in [0.3, 0.4) is 0 Å². The number of para-hydroxylation sites is 1. The van der Waals surface area contributed by atoms with Gasteiger partial charge in [0.2, 0.25) is 10.7 Å². The second-order valence-electron chi connectivity index (χ2n) is 3.86. The number of fused-ring (bicyclic) bond motifs is 1. The van der Waals surface area contributed by atoms with Crippen LogP contribution in [0.1, 0.15) is 6.42 Å². The SMILES string of the molecule is Clc1ccccc1N1CCCn2nc(Br)nc21. The Labute approximate surface area is 112 Å². The topological polar surface area (TPSA) is 34.0 Å². The van der Waals surface area contributed by atoms with Crippen molar-refractivity contribution in [3.05, 3.63) is 34.0 Å². The van der Waals surface area contributed by atoms with Crippen molar-refractivity contribution in [1.29, 1.82) is 0 Å². The minimum Gasteiger partial charge on any atom is -0.309 e. The molecule has 0 atom stereocenters. The van der Waals surface area contributed by atoms with E-state index in [2.05, 4.69) is 30.9 Å². The summed E-state index contributed by atoms with van der Waals surface area (Å²) in [5.41, 5.74) is 0.981. The smallest absolute Gasteiger partial charge is 0.229 e. The first-order valence-electron chi connectivity index (χ1n) is 5.38. The number of anilines is 2. The van der Waals surface area contributed by atoms with Gasteiger partial charge in [0.25, 0.3) is 0 Å². The van der Waals surface area contributed by atoms with Gasteiger partial charge < -0.3 is 4.90 Å². The number of nitrogens with zero attached hydrogens (tertiary/aromatic N) is 4. The normalized spacial score (nSPS) is 14.8. The number of aromatic nitrogens is 3. The molecule has 17 heavy (non-hydrogen) atoms. The molecule has 1 aromatic carbocycles. The van der Waals surface area contributed by atoms with Crippen LogP contribution in [0.15, 0.2) is 29.0 Å². The van der Waals surface area contributed by atoms with E-state index in [1.807, 2.05) is 28.9 Å². The zero-order chi connectivity index (χ0) is 11.8. The van der Waals surface area contributed by atoms with Crippen LogP contribution in [0.2, 0.25) is 5.02 Å². The van der Waals surface area contributed by atoms with Crippen LogP contribution >= 0.6 is 27.5 Å². The van der Waals surface area contributed by atoms with Crippen LogP contribution in [-0.2, 0) is 6.54 Å². The minimum absolute atomic E-state index is 0.617. The van der Waals surface area contributed by atoms with Crippen LogP contribution in [0, 0.1) is 0 Å². The molecule has 0 bridgehead atoms. The highest BCUT2D eigenvalue weighted by Gasteiger charge is 2.23. The monoisotopic (exact) mass is 312 g/mol. The molecule has 0 amide bonds. The molecule has 0 aliphatic carbocycles. The van der Waals surface area contributed by atoms with Gasteiger partial charge in [-0.3, -0.25) is 0 Å². The molecule has 2 heterocycles. The highest BCUT2D eigenvalue weighted by Crippen LogP contribution is 2.33. The van der Waals surface area contributed by atoms with E-state index in [4.69, 9.17) is 11.6 Å². The standard InChI is InChI=1S/C11H10BrClN4/c12-10-14-11-16(6-3-7-17(11)15-10)9-5-2-1-4-8(9)13/h1-2,4-5H,3,6-7H2. The third kappa shape index (κ3) is 1.93. The quantitative estimate of drug-likeness (QED) is 0.810. The first-order valence-corrected chi connectivity index (χ1v) is 6.55. The average molecular weight is 314 g/mol. The molecule has 1 aliphatic heterocycles.